The molecular formula is C14H14N4. The fourth-order valence-electron chi connectivity index (χ4n) is 2.27. The Bertz CT molecular complexity index is 707. The van der Waals surface area contributed by atoms with Crippen LogP contribution in [0.5, 0.6) is 0 Å². The molecule has 1 aromatic carbocycles. The second-order valence-electron chi connectivity index (χ2n) is 4.40. The zero-order valence-corrected chi connectivity index (χ0v) is 10.4. The number of para-hydroxylation sites is 1. The first kappa shape index (κ1) is 10.8. The van der Waals surface area contributed by atoms with Crippen molar-refractivity contribution < 1.29 is 0 Å². The van der Waals surface area contributed by atoms with Crippen LogP contribution >= 0.6 is 0 Å². The first-order chi connectivity index (χ1) is 8.65. The maximum Gasteiger partial charge on any atom is 0.128 e. The highest BCUT2D eigenvalue weighted by Gasteiger charge is 2.10. The largest absolute Gasteiger partial charge is 0.384 e. The molecule has 2 N–H and O–H groups in total. The maximum atomic E-state index is 5.79. The Labute approximate surface area is 105 Å². The van der Waals surface area contributed by atoms with E-state index < -0.39 is 0 Å². The van der Waals surface area contributed by atoms with Gasteiger partial charge in [0.2, 0.25) is 0 Å². The van der Waals surface area contributed by atoms with E-state index in [0.717, 1.165) is 11.3 Å². The molecule has 0 bridgehead atoms. The number of aromatic nitrogens is 3. The summed E-state index contributed by atoms with van der Waals surface area (Å²) in [5, 5.41) is 1.18. The summed E-state index contributed by atoms with van der Waals surface area (Å²) in [5.74, 6) is 1.20. The third-order valence-corrected chi connectivity index (χ3v) is 3.03. The van der Waals surface area contributed by atoms with Crippen molar-refractivity contribution in [2.24, 2.45) is 7.05 Å². The molecule has 0 radical (unpaired) electrons. The lowest BCUT2D eigenvalue weighted by Gasteiger charge is -2.01. The van der Waals surface area contributed by atoms with E-state index >= 15 is 0 Å². The average Bonchev–Trinajstić information content (AvgIpc) is 2.66. The molecule has 0 saturated carbocycles. The number of hydrogen-bond donors (Lipinski definition) is 1. The third kappa shape index (κ3) is 1.62. The summed E-state index contributed by atoms with van der Waals surface area (Å²) in [6.07, 6.45) is 2.08. The molecule has 0 atom stereocenters. The number of nitrogens with two attached hydrogens (primary N) is 1. The highest BCUT2D eigenvalue weighted by atomic mass is 15.0. The van der Waals surface area contributed by atoms with Gasteiger partial charge < -0.3 is 10.3 Å². The number of aryl methyl sites for hydroxylation is 2. The molecule has 90 valence electrons. The van der Waals surface area contributed by atoms with Crippen LogP contribution in [0.4, 0.5) is 5.82 Å². The van der Waals surface area contributed by atoms with Crippen molar-refractivity contribution in [2.75, 3.05) is 5.73 Å². The number of fused-ring (bicyclic) bond motifs is 1. The summed E-state index contributed by atoms with van der Waals surface area (Å²) >= 11 is 0. The second-order valence-corrected chi connectivity index (χ2v) is 4.40. The zero-order valence-electron chi connectivity index (χ0n) is 10.4. The summed E-state index contributed by atoms with van der Waals surface area (Å²) in [7, 11) is 2.03. The normalized spacial score (nSPS) is 11.0. The topological polar surface area (TPSA) is 56.7 Å². The van der Waals surface area contributed by atoms with Crippen LogP contribution in [-0.2, 0) is 7.05 Å². The van der Waals surface area contributed by atoms with Crippen LogP contribution in [0.3, 0.4) is 0 Å². The van der Waals surface area contributed by atoms with Crippen molar-refractivity contribution in [2.45, 2.75) is 6.92 Å². The highest BCUT2D eigenvalue weighted by molar-refractivity contribution is 5.95. The van der Waals surface area contributed by atoms with Gasteiger partial charge in [0, 0.05) is 35.8 Å². The lowest BCUT2D eigenvalue weighted by atomic mass is 10.1. The van der Waals surface area contributed by atoms with Gasteiger partial charge in [-0.05, 0) is 13.0 Å². The van der Waals surface area contributed by atoms with Gasteiger partial charge in [0.15, 0.2) is 0 Å². The molecule has 0 spiro atoms. The molecule has 0 unspecified atom stereocenters. The Morgan fingerprint density at radius 2 is 1.94 bits per heavy atom. The van der Waals surface area contributed by atoms with Gasteiger partial charge in [0.1, 0.15) is 11.6 Å². The van der Waals surface area contributed by atoms with E-state index in [1.165, 1.54) is 10.9 Å². The first-order valence-electron chi connectivity index (χ1n) is 5.81. The molecule has 0 aliphatic carbocycles. The van der Waals surface area contributed by atoms with Gasteiger partial charge in [-0.1, -0.05) is 18.2 Å². The lowest BCUT2D eigenvalue weighted by Crippen LogP contribution is -1.96. The van der Waals surface area contributed by atoms with Crippen molar-refractivity contribution in [3.8, 4) is 11.3 Å². The predicted molar refractivity (Wildman–Crippen MR) is 73.1 cm³/mol. The summed E-state index contributed by atoms with van der Waals surface area (Å²) in [5.41, 5.74) is 8.93. The van der Waals surface area contributed by atoms with E-state index in [9.17, 15) is 0 Å². The Hall–Kier alpha value is -2.36. The molecule has 0 amide bonds. The van der Waals surface area contributed by atoms with Crippen molar-refractivity contribution in [3.63, 3.8) is 0 Å². The van der Waals surface area contributed by atoms with Crippen molar-refractivity contribution >= 4 is 16.7 Å². The van der Waals surface area contributed by atoms with Crippen molar-refractivity contribution in [1.82, 2.24) is 14.5 Å². The second kappa shape index (κ2) is 3.84. The molecular weight excluding hydrogens is 224 g/mol. The van der Waals surface area contributed by atoms with Gasteiger partial charge in [0.25, 0.3) is 0 Å². The van der Waals surface area contributed by atoms with E-state index in [1.54, 1.807) is 0 Å². The van der Waals surface area contributed by atoms with Crippen LogP contribution in [0.15, 0.2) is 36.5 Å². The number of rotatable bonds is 1. The van der Waals surface area contributed by atoms with Crippen LogP contribution in [-0.4, -0.2) is 14.5 Å². The number of nitrogens with zero attached hydrogens (tertiary/aromatic N) is 3. The van der Waals surface area contributed by atoms with Crippen LogP contribution < -0.4 is 5.73 Å². The van der Waals surface area contributed by atoms with E-state index in [2.05, 4.69) is 32.9 Å². The molecule has 18 heavy (non-hydrogen) atoms. The van der Waals surface area contributed by atoms with Gasteiger partial charge in [-0.2, -0.15) is 0 Å². The van der Waals surface area contributed by atoms with E-state index in [1.807, 2.05) is 32.2 Å². The molecule has 0 saturated heterocycles. The minimum absolute atomic E-state index is 0.505. The first-order valence-corrected chi connectivity index (χ1v) is 5.81. The summed E-state index contributed by atoms with van der Waals surface area (Å²) in [6.45, 7) is 1.85. The minimum Gasteiger partial charge on any atom is -0.384 e. The average molecular weight is 238 g/mol. The Balaban J connectivity index is 2.31. The fourth-order valence-corrected chi connectivity index (χ4v) is 2.27. The molecule has 2 heterocycles. The highest BCUT2D eigenvalue weighted by Crippen LogP contribution is 2.29. The Kier molecular flexibility index (Phi) is 2.30. The van der Waals surface area contributed by atoms with Gasteiger partial charge in [-0.15, -0.1) is 0 Å². The van der Waals surface area contributed by atoms with Gasteiger partial charge in [-0.3, -0.25) is 0 Å². The predicted octanol–water partition coefficient (Wildman–Crippen LogP) is 2.53. The molecule has 3 aromatic rings. The maximum absolute atomic E-state index is 5.79. The van der Waals surface area contributed by atoms with Gasteiger partial charge in [0.05, 0.1) is 5.69 Å². The monoisotopic (exact) mass is 238 g/mol. The summed E-state index contributed by atoms with van der Waals surface area (Å²) in [4.78, 5) is 8.57. The minimum atomic E-state index is 0.505. The SMILES string of the molecule is Cc1nc(N)cc(-c2cn(C)c3ccccc23)n1. The van der Waals surface area contributed by atoms with Gasteiger partial charge >= 0.3 is 0 Å². The van der Waals surface area contributed by atoms with Crippen LogP contribution in [0, 0.1) is 6.92 Å². The smallest absolute Gasteiger partial charge is 0.128 e. The van der Waals surface area contributed by atoms with E-state index in [-0.39, 0.29) is 0 Å². The quantitative estimate of drug-likeness (QED) is 0.708. The van der Waals surface area contributed by atoms with Gasteiger partial charge in [-0.25, -0.2) is 9.97 Å². The molecule has 0 fully saturated rings. The molecule has 0 aliphatic heterocycles. The fraction of sp³-hybridized carbons (Fsp3) is 0.143. The standard InChI is InChI=1S/C14H14N4/c1-9-16-12(7-14(15)17-9)11-8-18(2)13-6-4-3-5-10(11)13/h3-8H,1-2H3,(H2,15,16,17). The molecule has 3 rings (SSSR count). The van der Waals surface area contributed by atoms with E-state index in [0.29, 0.717) is 11.6 Å². The third-order valence-electron chi connectivity index (χ3n) is 3.03. The van der Waals surface area contributed by atoms with Crippen molar-refractivity contribution in [3.05, 3.63) is 42.4 Å². The number of benzene rings is 1. The Morgan fingerprint density at radius 3 is 2.72 bits per heavy atom. The summed E-state index contributed by atoms with van der Waals surface area (Å²) in [6, 6.07) is 10.1. The molecule has 4 heteroatoms. The zero-order chi connectivity index (χ0) is 12.7. The molecule has 2 aromatic heterocycles. The van der Waals surface area contributed by atoms with Crippen LogP contribution in [0.1, 0.15) is 5.82 Å². The summed E-state index contributed by atoms with van der Waals surface area (Å²) < 4.78 is 2.10. The van der Waals surface area contributed by atoms with Crippen LogP contribution in [0.25, 0.3) is 22.2 Å². The Morgan fingerprint density at radius 1 is 1.17 bits per heavy atom. The lowest BCUT2D eigenvalue weighted by molar-refractivity contribution is 0.968. The van der Waals surface area contributed by atoms with E-state index in [4.69, 9.17) is 5.73 Å². The number of hydrogen-bond acceptors (Lipinski definition) is 3. The van der Waals surface area contributed by atoms with Crippen LogP contribution in [0.2, 0.25) is 0 Å². The number of nitrogen functional groups attached to an aromatic ring is 1. The molecule has 4 nitrogen and oxygen atoms in total. The molecule has 0 aliphatic rings. The van der Waals surface area contributed by atoms with Crippen molar-refractivity contribution in [1.29, 1.82) is 0 Å². The number of anilines is 1.